The molecule has 2 aromatic rings. The van der Waals surface area contributed by atoms with Crippen LogP contribution in [0.3, 0.4) is 0 Å². The quantitative estimate of drug-likeness (QED) is 0.742. The molecule has 0 radical (unpaired) electrons. The van der Waals surface area contributed by atoms with E-state index in [1.807, 2.05) is 13.8 Å². The number of pyridine rings is 1. The number of nitrogens with one attached hydrogen (secondary N) is 2. The van der Waals surface area contributed by atoms with Crippen molar-refractivity contribution < 1.29 is 9.90 Å². The van der Waals surface area contributed by atoms with Gasteiger partial charge < -0.3 is 10.4 Å². The second-order valence-electron chi connectivity index (χ2n) is 7.05. The second-order valence-corrected chi connectivity index (χ2v) is 7.05. The number of amides is 1. The van der Waals surface area contributed by atoms with Crippen molar-refractivity contribution >= 4 is 16.9 Å². The lowest BCUT2D eigenvalue weighted by atomic mass is 10.0. The van der Waals surface area contributed by atoms with Crippen LogP contribution in [0.4, 0.5) is 0 Å². The Kier molecular flexibility index (Phi) is 4.45. The minimum Gasteiger partial charge on any atom is -0.394 e. The Hall–Kier alpha value is -2.15. The van der Waals surface area contributed by atoms with Crippen LogP contribution in [0.15, 0.2) is 10.9 Å². The summed E-state index contributed by atoms with van der Waals surface area (Å²) in [6.07, 6.45) is 2.80. The third kappa shape index (κ3) is 3.21. The van der Waals surface area contributed by atoms with Gasteiger partial charge in [0.25, 0.3) is 11.5 Å². The van der Waals surface area contributed by atoms with Gasteiger partial charge >= 0.3 is 0 Å². The summed E-state index contributed by atoms with van der Waals surface area (Å²) in [6.45, 7) is 3.94. The van der Waals surface area contributed by atoms with Crippen molar-refractivity contribution in [1.82, 2.24) is 20.1 Å². The van der Waals surface area contributed by atoms with Gasteiger partial charge in [-0.15, -0.1) is 0 Å². The Labute approximate surface area is 140 Å². The summed E-state index contributed by atoms with van der Waals surface area (Å²) in [5.41, 5.74) is 1.37. The molecule has 0 aliphatic heterocycles. The van der Waals surface area contributed by atoms with E-state index in [0.717, 1.165) is 18.5 Å². The molecule has 24 heavy (non-hydrogen) atoms. The number of aromatic amines is 1. The molecule has 0 spiro atoms. The lowest BCUT2D eigenvalue weighted by molar-refractivity contribution is 0.0910. The predicted octanol–water partition coefficient (Wildman–Crippen LogP) is 1.28. The molecule has 1 aliphatic carbocycles. The smallest absolute Gasteiger partial charge is 0.274 e. The minimum atomic E-state index is -0.333. The normalized spacial score (nSPS) is 15.9. The van der Waals surface area contributed by atoms with Crippen molar-refractivity contribution in [1.29, 1.82) is 0 Å². The monoisotopic (exact) mass is 332 g/mol. The van der Waals surface area contributed by atoms with Crippen LogP contribution in [-0.2, 0) is 7.05 Å². The fraction of sp³-hybridized carbons (Fsp3) is 0.588. The number of aromatic nitrogens is 3. The first-order valence-electron chi connectivity index (χ1n) is 8.42. The molecule has 1 unspecified atom stereocenters. The van der Waals surface area contributed by atoms with Crippen LogP contribution >= 0.6 is 0 Å². The molecule has 0 aromatic carbocycles. The molecule has 1 amide bonds. The maximum Gasteiger partial charge on any atom is 0.274 e. The van der Waals surface area contributed by atoms with Gasteiger partial charge in [-0.25, -0.2) is 4.98 Å². The number of rotatable bonds is 6. The highest BCUT2D eigenvalue weighted by atomic mass is 16.3. The van der Waals surface area contributed by atoms with E-state index in [1.165, 1.54) is 0 Å². The molecule has 2 heterocycles. The van der Waals surface area contributed by atoms with E-state index in [2.05, 4.69) is 15.4 Å². The van der Waals surface area contributed by atoms with Crippen molar-refractivity contribution in [3.63, 3.8) is 0 Å². The van der Waals surface area contributed by atoms with Gasteiger partial charge in [-0.05, 0) is 31.2 Å². The first kappa shape index (κ1) is 16.7. The van der Waals surface area contributed by atoms with Crippen molar-refractivity contribution in [2.75, 3.05) is 6.61 Å². The fourth-order valence-electron chi connectivity index (χ4n) is 3.06. The van der Waals surface area contributed by atoms with Crippen molar-refractivity contribution in [3.8, 4) is 0 Å². The molecule has 7 heteroatoms. The van der Waals surface area contributed by atoms with Crippen LogP contribution in [-0.4, -0.2) is 38.4 Å². The molecule has 1 saturated carbocycles. The first-order valence-corrected chi connectivity index (χ1v) is 8.42. The standard InChI is InChI=1S/C17H24N4O3/c1-9(2)6-11(8-22)18-16(23)12-7-13(10-4-5-10)19-15-14(12)17(24)20-21(15)3/h7,9-11,22H,4-6,8H2,1-3H3,(H,18,23)(H,20,24). The average Bonchev–Trinajstić information content (AvgIpc) is 3.33. The molecule has 0 saturated heterocycles. The number of fused-ring (bicyclic) bond motifs is 1. The second kappa shape index (κ2) is 6.39. The molecule has 1 aliphatic rings. The van der Waals surface area contributed by atoms with Crippen LogP contribution in [0.5, 0.6) is 0 Å². The zero-order valence-electron chi connectivity index (χ0n) is 14.3. The minimum absolute atomic E-state index is 0.126. The number of carbonyl (C=O) groups excluding carboxylic acids is 1. The van der Waals surface area contributed by atoms with Crippen LogP contribution < -0.4 is 10.9 Å². The summed E-state index contributed by atoms with van der Waals surface area (Å²) in [5.74, 6) is 0.387. The van der Waals surface area contributed by atoms with Crippen molar-refractivity contribution in [3.05, 3.63) is 27.7 Å². The molecular formula is C17H24N4O3. The highest BCUT2D eigenvalue weighted by molar-refractivity contribution is 6.05. The van der Waals surface area contributed by atoms with Gasteiger partial charge in [-0.3, -0.25) is 19.4 Å². The predicted molar refractivity (Wildman–Crippen MR) is 91.1 cm³/mol. The highest BCUT2D eigenvalue weighted by Gasteiger charge is 2.29. The largest absolute Gasteiger partial charge is 0.394 e. The van der Waals surface area contributed by atoms with Gasteiger partial charge in [0.1, 0.15) is 0 Å². The molecule has 3 rings (SSSR count). The zero-order valence-corrected chi connectivity index (χ0v) is 14.3. The molecule has 2 aromatic heterocycles. The van der Waals surface area contributed by atoms with Gasteiger partial charge in [-0.2, -0.15) is 0 Å². The Balaban J connectivity index is 2.00. The van der Waals surface area contributed by atoms with Crippen LogP contribution in [0.25, 0.3) is 11.0 Å². The number of hydrogen-bond acceptors (Lipinski definition) is 4. The van der Waals surface area contributed by atoms with E-state index in [4.69, 9.17) is 0 Å². The molecule has 7 nitrogen and oxygen atoms in total. The number of aryl methyl sites for hydroxylation is 1. The Morgan fingerprint density at radius 1 is 1.50 bits per heavy atom. The third-order valence-corrected chi connectivity index (χ3v) is 4.39. The van der Waals surface area contributed by atoms with Gasteiger partial charge in [0.2, 0.25) is 0 Å². The SMILES string of the molecule is CC(C)CC(CO)NC(=O)c1cc(C2CC2)nc2c1c(=O)[nH]n2C. The topological polar surface area (TPSA) is 100 Å². The number of nitrogens with zero attached hydrogens (tertiary/aromatic N) is 2. The molecule has 0 bridgehead atoms. The Bertz CT molecular complexity index is 817. The average molecular weight is 332 g/mol. The van der Waals surface area contributed by atoms with Crippen LogP contribution in [0, 0.1) is 5.92 Å². The number of aliphatic hydroxyl groups excluding tert-OH is 1. The molecule has 1 atom stereocenters. The maximum atomic E-state index is 12.8. The summed E-state index contributed by atoms with van der Waals surface area (Å²) >= 11 is 0. The number of hydrogen-bond donors (Lipinski definition) is 3. The van der Waals surface area contributed by atoms with E-state index < -0.39 is 0 Å². The number of H-pyrrole nitrogens is 1. The lowest BCUT2D eigenvalue weighted by Crippen LogP contribution is -2.38. The van der Waals surface area contributed by atoms with Gasteiger partial charge in [0.05, 0.1) is 23.6 Å². The van der Waals surface area contributed by atoms with E-state index in [9.17, 15) is 14.7 Å². The van der Waals surface area contributed by atoms with E-state index >= 15 is 0 Å². The first-order chi connectivity index (χ1) is 11.4. The van der Waals surface area contributed by atoms with Crippen LogP contribution in [0.1, 0.15) is 55.1 Å². The summed E-state index contributed by atoms with van der Waals surface area (Å²) < 4.78 is 1.55. The summed E-state index contributed by atoms with van der Waals surface area (Å²) in [6, 6.07) is 1.40. The number of carbonyl (C=O) groups is 1. The highest BCUT2D eigenvalue weighted by Crippen LogP contribution is 2.39. The Morgan fingerprint density at radius 3 is 2.79 bits per heavy atom. The van der Waals surface area contributed by atoms with E-state index in [1.54, 1.807) is 17.8 Å². The van der Waals surface area contributed by atoms with Crippen molar-refractivity contribution in [2.45, 2.75) is 45.1 Å². The summed E-state index contributed by atoms with van der Waals surface area (Å²) in [4.78, 5) is 29.5. The van der Waals surface area contributed by atoms with Crippen LogP contribution in [0.2, 0.25) is 0 Å². The van der Waals surface area contributed by atoms with E-state index in [0.29, 0.717) is 34.9 Å². The fourth-order valence-corrected chi connectivity index (χ4v) is 3.06. The molecular weight excluding hydrogens is 308 g/mol. The maximum absolute atomic E-state index is 12.8. The molecule has 3 N–H and O–H groups in total. The van der Waals surface area contributed by atoms with Gasteiger partial charge in [-0.1, -0.05) is 13.8 Å². The van der Waals surface area contributed by atoms with Crippen molar-refractivity contribution in [2.24, 2.45) is 13.0 Å². The van der Waals surface area contributed by atoms with Gasteiger partial charge in [0.15, 0.2) is 5.65 Å². The third-order valence-electron chi connectivity index (χ3n) is 4.39. The van der Waals surface area contributed by atoms with E-state index in [-0.39, 0.29) is 24.1 Å². The zero-order chi connectivity index (χ0) is 17.4. The number of aliphatic hydroxyl groups is 1. The lowest BCUT2D eigenvalue weighted by Gasteiger charge is -2.18. The molecule has 1 fully saturated rings. The van der Waals surface area contributed by atoms with Gasteiger partial charge in [0, 0.05) is 18.7 Å². The molecule has 130 valence electrons. The Morgan fingerprint density at radius 2 is 2.21 bits per heavy atom. The summed E-state index contributed by atoms with van der Waals surface area (Å²) in [5, 5.41) is 15.3. The summed E-state index contributed by atoms with van der Waals surface area (Å²) in [7, 11) is 1.71.